The fraction of sp³-hybridized carbons (Fsp3) is 0.360. The third-order valence-electron chi connectivity index (χ3n) is 6.08. The molecule has 3 heterocycles. The van der Waals surface area contributed by atoms with Gasteiger partial charge in [-0.2, -0.15) is 0 Å². The van der Waals surface area contributed by atoms with Gasteiger partial charge in [0, 0.05) is 31.6 Å². The normalized spacial score (nSPS) is 19.3. The highest BCUT2D eigenvalue weighted by Gasteiger charge is 2.33. The molecule has 1 aromatic heterocycles. The van der Waals surface area contributed by atoms with Crippen LogP contribution in [-0.4, -0.2) is 67.0 Å². The quantitative estimate of drug-likeness (QED) is 0.645. The van der Waals surface area contributed by atoms with E-state index in [1.807, 2.05) is 55.5 Å². The smallest absolute Gasteiger partial charge is 0.267 e. The maximum atomic E-state index is 12.9. The molecule has 0 unspecified atom stereocenters. The van der Waals surface area contributed by atoms with Crippen LogP contribution in [0.4, 0.5) is 0 Å². The van der Waals surface area contributed by atoms with Crippen LogP contribution in [0.1, 0.15) is 18.7 Å². The third kappa shape index (κ3) is 4.66. The summed E-state index contributed by atoms with van der Waals surface area (Å²) in [6.45, 7) is 4.75. The lowest BCUT2D eigenvalue weighted by Gasteiger charge is -2.37. The molecule has 8 nitrogen and oxygen atoms in total. The molecule has 3 aromatic rings. The highest BCUT2D eigenvalue weighted by Crippen LogP contribution is 2.31. The average Bonchev–Trinajstić information content (AvgIpc) is 3.28. The Hall–Kier alpha value is -3.52. The fourth-order valence-electron chi connectivity index (χ4n) is 4.25. The van der Waals surface area contributed by atoms with Gasteiger partial charge < -0.3 is 24.1 Å². The van der Waals surface area contributed by atoms with Gasteiger partial charge in [-0.05, 0) is 31.2 Å². The summed E-state index contributed by atoms with van der Waals surface area (Å²) < 4.78 is 17.4. The minimum atomic E-state index is -0.639. The van der Waals surface area contributed by atoms with Crippen molar-refractivity contribution >= 4 is 22.8 Å². The highest BCUT2D eigenvalue weighted by atomic mass is 16.6. The lowest BCUT2D eigenvalue weighted by Crippen LogP contribution is -2.55. The van der Waals surface area contributed by atoms with E-state index in [2.05, 4.69) is 10.2 Å². The standard InChI is InChI=1S/C25H27N3O5/c1-17(22-14-18-6-2-3-7-19(18)32-22)26-24(29)15-27-10-12-28(13-11-27)25(30)23-16-31-20-8-4-5-9-21(20)33-23/h2-9,14,17,23H,10-13,15-16H2,1H3,(H,26,29)/t17-,23+/m0/s1. The zero-order chi connectivity index (χ0) is 22.8. The first-order chi connectivity index (χ1) is 16.1. The number of benzene rings is 2. The fourth-order valence-corrected chi connectivity index (χ4v) is 4.25. The summed E-state index contributed by atoms with van der Waals surface area (Å²) in [7, 11) is 0. The highest BCUT2D eigenvalue weighted by molar-refractivity contribution is 5.82. The number of nitrogens with zero attached hydrogens (tertiary/aromatic N) is 2. The van der Waals surface area contributed by atoms with Crippen molar-refractivity contribution in [3.8, 4) is 11.5 Å². The number of carbonyl (C=O) groups excluding carboxylic acids is 2. The molecular formula is C25H27N3O5. The molecule has 2 atom stereocenters. The van der Waals surface area contributed by atoms with Crippen molar-refractivity contribution in [3.05, 3.63) is 60.4 Å². The summed E-state index contributed by atoms with van der Waals surface area (Å²) in [5, 5.41) is 4.03. The predicted molar refractivity (Wildman–Crippen MR) is 122 cm³/mol. The maximum absolute atomic E-state index is 12.9. The molecule has 2 aliphatic rings. The SMILES string of the molecule is C[C@H](NC(=O)CN1CCN(C(=O)[C@H]2COc3ccccc3O2)CC1)c1cc2ccccc2o1. The van der Waals surface area contributed by atoms with Gasteiger partial charge in [0.15, 0.2) is 11.5 Å². The Labute approximate surface area is 192 Å². The number of piperazine rings is 1. The number of nitrogens with one attached hydrogen (secondary N) is 1. The number of fused-ring (bicyclic) bond motifs is 2. The zero-order valence-corrected chi connectivity index (χ0v) is 18.5. The van der Waals surface area contributed by atoms with Crippen molar-refractivity contribution in [2.45, 2.75) is 19.1 Å². The monoisotopic (exact) mass is 449 g/mol. The minimum absolute atomic E-state index is 0.0663. The van der Waals surface area contributed by atoms with E-state index in [-0.39, 0.29) is 31.0 Å². The van der Waals surface area contributed by atoms with Gasteiger partial charge in [0.2, 0.25) is 12.0 Å². The van der Waals surface area contributed by atoms with Gasteiger partial charge in [-0.3, -0.25) is 14.5 Å². The molecule has 2 amide bonds. The van der Waals surface area contributed by atoms with Gasteiger partial charge in [-0.1, -0.05) is 30.3 Å². The molecular weight excluding hydrogens is 422 g/mol. The van der Waals surface area contributed by atoms with Crippen LogP contribution in [-0.2, 0) is 9.59 Å². The van der Waals surface area contributed by atoms with Gasteiger partial charge in [0.05, 0.1) is 12.6 Å². The first-order valence-corrected chi connectivity index (χ1v) is 11.2. The molecule has 0 spiro atoms. The van der Waals surface area contributed by atoms with Crippen molar-refractivity contribution in [2.75, 3.05) is 39.3 Å². The average molecular weight is 450 g/mol. The summed E-state index contributed by atoms with van der Waals surface area (Å²) >= 11 is 0. The van der Waals surface area contributed by atoms with E-state index >= 15 is 0 Å². The summed E-state index contributed by atoms with van der Waals surface area (Å²) in [5.74, 6) is 1.84. The Morgan fingerprint density at radius 2 is 1.76 bits per heavy atom. The second-order valence-electron chi connectivity index (χ2n) is 8.44. The first-order valence-electron chi connectivity index (χ1n) is 11.2. The number of amides is 2. The lowest BCUT2D eigenvalue weighted by atomic mass is 10.2. The molecule has 2 aromatic carbocycles. The third-order valence-corrected chi connectivity index (χ3v) is 6.08. The molecule has 33 heavy (non-hydrogen) atoms. The largest absolute Gasteiger partial charge is 0.485 e. The second kappa shape index (κ2) is 9.15. The maximum Gasteiger partial charge on any atom is 0.267 e. The predicted octanol–water partition coefficient (Wildman–Crippen LogP) is 2.59. The summed E-state index contributed by atoms with van der Waals surface area (Å²) in [6, 6.07) is 16.9. The Morgan fingerprint density at radius 3 is 2.55 bits per heavy atom. The molecule has 8 heteroatoms. The van der Waals surface area contributed by atoms with E-state index in [1.165, 1.54) is 0 Å². The van der Waals surface area contributed by atoms with E-state index in [4.69, 9.17) is 13.9 Å². The number of ether oxygens (including phenoxy) is 2. The van der Waals surface area contributed by atoms with Gasteiger partial charge >= 0.3 is 0 Å². The Kier molecular flexibility index (Phi) is 5.92. The number of rotatable bonds is 5. The Morgan fingerprint density at radius 1 is 1.03 bits per heavy atom. The van der Waals surface area contributed by atoms with Crippen LogP contribution in [0.5, 0.6) is 11.5 Å². The number of carbonyl (C=O) groups is 2. The molecule has 172 valence electrons. The van der Waals surface area contributed by atoms with E-state index < -0.39 is 6.10 Å². The molecule has 0 saturated carbocycles. The van der Waals surface area contributed by atoms with Crippen molar-refractivity contribution in [1.82, 2.24) is 15.1 Å². The minimum Gasteiger partial charge on any atom is -0.485 e. The van der Waals surface area contributed by atoms with Crippen LogP contribution in [0.25, 0.3) is 11.0 Å². The van der Waals surface area contributed by atoms with Crippen LogP contribution in [0.2, 0.25) is 0 Å². The van der Waals surface area contributed by atoms with Crippen LogP contribution < -0.4 is 14.8 Å². The van der Waals surface area contributed by atoms with E-state index in [0.717, 1.165) is 16.7 Å². The Bertz CT molecular complexity index is 1120. The van der Waals surface area contributed by atoms with Crippen molar-refractivity contribution < 1.29 is 23.5 Å². The van der Waals surface area contributed by atoms with Gasteiger partial charge in [0.25, 0.3) is 5.91 Å². The topological polar surface area (TPSA) is 84.3 Å². The molecule has 1 N–H and O–H groups in total. The van der Waals surface area contributed by atoms with Crippen LogP contribution in [0, 0.1) is 0 Å². The molecule has 5 rings (SSSR count). The second-order valence-corrected chi connectivity index (χ2v) is 8.44. The summed E-state index contributed by atoms with van der Waals surface area (Å²) in [5.41, 5.74) is 0.810. The molecule has 1 saturated heterocycles. The van der Waals surface area contributed by atoms with Crippen molar-refractivity contribution in [2.24, 2.45) is 0 Å². The summed E-state index contributed by atoms with van der Waals surface area (Å²) in [4.78, 5) is 29.3. The number of furan rings is 1. The molecule has 0 bridgehead atoms. The van der Waals surface area contributed by atoms with Crippen LogP contribution in [0.3, 0.4) is 0 Å². The van der Waals surface area contributed by atoms with Crippen molar-refractivity contribution in [1.29, 1.82) is 0 Å². The zero-order valence-electron chi connectivity index (χ0n) is 18.5. The number of hydrogen-bond donors (Lipinski definition) is 1. The van der Waals surface area contributed by atoms with Crippen molar-refractivity contribution in [3.63, 3.8) is 0 Å². The number of para-hydroxylation sites is 3. The van der Waals surface area contributed by atoms with E-state index in [1.54, 1.807) is 11.0 Å². The van der Waals surface area contributed by atoms with E-state index in [9.17, 15) is 9.59 Å². The van der Waals surface area contributed by atoms with Gasteiger partial charge in [0.1, 0.15) is 18.0 Å². The molecule has 0 aliphatic carbocycles. The first kappa shape index (κ1) is 21.3. The van der Waals surface area contributed by atoms with Crippen LogP contribution in [0.15, 0.2) is 59.0 Å². The van der Waals surface area contributed by atoms with E-state index in [0.29, 0.717) is 37.7 Å². The molecule has 0 radical (unpaired) electrons. The van der Waals surface area contributed by atoms with Gasteiger partial charge in [-0.15, -0.1) is 0 Å². The molecule has 1 fully saturated rings. The van der Waals surface area contributed by atoms with Crippen LogP contribution >= 0.6 is 0 Å². The van der Waals surface area contributed by atoms with Gasteiger partial charge in [-0.25, -0.2) is 0 Å². The lowest BCUT2D eigenvalue weighted by molar-refractivity contribution is -0.143. The molecule has 2 aliphatic heterocycles. The summed E-state index contributed by atoms with van der Waals surface area (Å²) in [6.07, 6.45) is -0.639. The Balaban J connectivity index is 1.09. The number of hydrogen-bond acceptors (Lipinski definition) is 6.